The van der Waals surface area contributed by atoms with Gasteiger partial charge in [-0.3, -0.25) is 9.59 Å². The molecule has 5 nitrogen and oxygen atoms in total. The van der Waals surface area contributed by atoms with Gasteiger partial charge in [-0.15, -0.1) is 0 Å². The Bertz CT molecular complexity index is 769. The Morgan fingerprint density at radius 1 is 1.12 bits per heavy atom. The molecular formula is C21H24N2O3. The molecule has 1 saturated heterocycles. The van der Waals surface area contributed by atoms with E-state index >= 15 is 0 Å². The van der Waals surface area contributed by atoms with Gasteiger partial charge in [-0.25, -0.2) is 0 Å². The summed E-state index contributed by atoms with van der Waals surface area (Å²) in [5.41, 5.74) is 3.45. The van der Waals surface area contributed by atoms with Gasteiger partial charge in [0.05, 0.1) is 19.1 Å². The second-order valence-electron chi connectivity index (χ2n) is 6.72. The van der Waals surface area contributed by atoms with Crippen molar-refractivity contribution in [1.29, 1.82) is 0 Å². The summed E-state index contributed by atoms with van der Waals surface area (Å²) in [5, 5.41) is 2.87. The highest BCUT2D eigenvalue weighted by molar-refractivity contribution is 5.96. The third-order valence-corrected chi connectivity index (χ3v) is 4.43. The molecule has 2 aromatic rings. The fourth-order valence-electron chi connectivity index (χ4n) is 2.98. The molecule has 26 heavy (non-hydrogen) atoms. The molecule has 1 N–H and O–H groups in total. The van der Waals surface area contributed by atoms with Gasteiger partial charge in [-0.1, -0.05) is 29.8 Å². The van der Waals surface area contributed by atoms with Crippen LogP contribution in [0.2, 0.25) is 0 Å². The second-order valence-corrected chi connectivity index (χ2v) is 6.72. The van der Waals surface area contributed by atoms with Crippen LogP contribution in [-0.2, 0) is 16.0 Å². The minimum absolute atomic E-state index is 0.00215. The van der Waals surface area contributed by atoms with Gasteiger partial charge >= 0.3 is 0 Å². The Labute approximate surface area is 154 Å². The summed E-state index contributed by atoms with van der Waals surface area (Å²) in [5.74, 6) is -0.0763. The molecule has 0 bridgehead atoms. The van der Waals surface area contributed by atoms with E-state index in [2.05, 4.69) is 5.32 Å². The number of ether oxygens (including phenoxy) is 1. The molecule has 3 rings (SSSR count). The first-order valence-electron chi connectivity index (χ1n) is 8.87. The second kappa shape index (κ2) is 8.15. The zero-order valence-corrected chi connectivity index (χ0v) is 15.2. The van der Waals surface area contributed by atoms with Crippen LogP contribution in [-0.4, -0.2) is 42.5 Å². The number of carbonyl (C=O) groups is 2. The molecule has 0 spiro atoms. The van der Waals surface area contributed by atoms with Gasteiger partial charge in [0.25, 0.3) is 5.91 Å². The van der Waals surface area contributed by atoms with Crippen molar-refractivity contribution in [2.75, 3.05) is 25.0 Å². The topological polar surface area (TPSA) is 58.6 Å². The van der Waals surface area contributed by atoms with E-state index in [1.165, 1.54) is 5.56 Å². The number of benzene rings is 2. The summed E-state index contributed by atoms with van der Waals surface area (Å²) < 4.78 is 5.47. The van der Waals surface area contributed by atoms with Crippen molar-refractivity contribution in [3.8, 4) is 0 Å². The lowest BCUT2D eigenvalue weighted by molar-refractivity contribution is -0.115. The van der Waals surface area contributed by atoms with Crippen LogP contribution < -0.4 is 5.32 Å². The van der Waals surface area contributed by atoms with Crippen molar-refractivity contribution in [2.45, 2.75) is 26.4 Å². The molecule has 136 valence electrons. The summed E-state index contributed by atoms with van der Waals surface area (Å²) in [6.45, 7) is 5.77. The smallest absolute Gasteiger partial charge is 0.254 e. The van der Waals surface area contributed by atoms with E-state index in [9.17, 15) is 9.59 Å². The maximum absolute atomic E-state index is 12.5. The zero-order valence-electron chi connectivity index (χ0n) is 15.2. The van der Waals surface area contributed by atoms with Crippen LogP contribution >= 0.6 is 0 Å². The molecule has 2 aromatic carbocycles. The third kappa shape index (κ3) is 4.70. The highest BCUT2D eigenvalue weighted by atomic mass is 16.5. The lowest BCUT2D eigenvalue weighted by Gasteiger charge is -2.31. The molecule has 1 fully saturated rings. The van der Waals surface area contributed by atoms with Crippen LogP contribution in [0.15, 0.2) is 48.5 Å². The van der Waals surface area contributed by atoms with Crippen LogP contribution in [0.1, 0.15) is 28.4 Å². The van der Waals surface area contributed by atoms with Gasteiger partial charge in [0.15, 0.2) is 0 Å². The standard InChI is InChI=1S/C21H24N2O3/c1-15-3-5-17(6-4-15)13-20(24)22-19-9-7-18(8-10-19)21(25)23-11-12-26-16(2)14-23/h3-10,16H,11-14H2,1-2H3,(H,22,24). The lowest BCUT2D eigenvalue weighted by atomic mass is 10.1. The monoisotopic (exact) mass is 352 g/mol. The van der Waals surface area contributed by atoms with E-state index < -0.39 is 0 Å². The fourth-order valence-corrected chi connectivity index (χ4v) is 2.98. The summed E-state index contributed by atoms with van der Waals surface area (Å²) in [6.07, 6.45) is 0.389. The Hall–Kier alpha value is -2.66. The lowest BCUT2D eigenvalue weighted by Crippen LogP contribution is -2.44. The summed E-state index contributed by atoms with van der Waals surface area (Å²) in [6, 6.07) is 15.0. The molecule has 1 heterocycles. The molecule has 1 unspecified atom stereocenters. The van der Waals surface area contributed by atoms with Crippen molar-refractivity contribution in [3.63, 3.8) is 0 Å². The number of nitrogens with zero attached hydrogens (tertiary/aromatic N) is 1. The predicted molar refractivity (Wildman–Crippen MR) is 101 cm³/mol. The number of amides is 2. The molecule has 2 amide bonds. The quantitative estimate of drug-likeness (QED) is 0.920. The van der Waals surface area contributed by atoms with Gasteiger partial charge in [0.1, 0.15) is 0 Å². The van der Waals surface area contributed by atoms with Crippen molar-refractivity contribution >= 4 is 17.5 Å². The maximum Gasteiger partial charge on any atom is 0.254 e. The minimum atomic E-state index is -0.0741. The summed E-state index contributed by atoms with van der Waals surface area (Å²) in [4.78, 5) is 26.5. The van der Waals surface area contributed by atoms with E-state index in [-0.39, 0.29) is 17.9 Å². The van der Waals surface area contributed by atoms with E-state index in [0.717, 1.165) is 5.56 Å². The van der Waals surface area contributed by atoms with Crippen molar-refractivity contribution in [3.05, 3.63) is 65.2 Å². The van der Waals surface area contributed by atoms with Crippen LogP contribution in [0.4, 0.5) is 5.69 Å². The Balaban J connectivity index is 1.57. The zero-order chi connectivity index (χ0) is 18.5. The number of carbonyl (C=O) groups excluding carboxylic acids is 2. The normalized spacial score (nSPS) is 17.0. The first-order valence-corrected chi connectivity index (χ1v) is 8.87. The molecule has 1 aliphatic rings. The summed E-state index contributed by atoms with van der Waals surface area (Å²) >= 11 is 0. The van der Waals surface area contributed by atoms with E-state index in [4.69, 9.17) is 4.74 Å². The molecule has 5 heteroatoms. The van der Waals surface area contributed by atoms with Crippen molar-refractivity contribution in [1.82, 2.24) is 4.90 Å². The molecule has 0 radical (unpaired) electrons. The number of aryl methyl sites for hydroxylation is 1. The van der Waals surface area contributed by atoms with Gasteiger partial charge in [-0.05, 0) is 43.7 Å². The van der Waals surface area contributed by atoms with Gasteiger partial charge in [0, 0.05) is 24.3 Å². The molecule has 0 aromatic heterocycles. The Kier molecular flexibility index (Phi) is 5.68. The number of morpholine rings is 1. The van der Waals surface area contributed by atoms with Crippen LogP contribution in [0.3, 0.4) is 0 Å². The average molecular weight is 352 g/mol. The first-order chi connectivity index (χ1) is 12.5. The van der Waals surface area contributed by atoms with Crippen molar-refractivity contribution < 1.29 is 14.3 Å². The largest absolute Gasteiger partial charge is 0.375 e. The maximum atomic E-state index is 12.5. The van der Waals surface area contributed by atoms with Gasteiger partial charge < -0.3 is 15.0 Å². The SMILES string of the molecule is Cc1ccc(CC(=O)Nc2ccc(C(=O)N3CCOC(C)C3)cc2)cc1. The van der Waals surface area contributed by atoms with E-state index in [1.54, 1.807) is 29.2 Å². The van der Waals surface area contributed by atoms with Crippen LogP contribution in [0.25, 0.3) is 0 Å². The summed E-state index contributed by atoms with van der Waals surface area (Å²) in [7, 11) is 0. The minimum Gasteiger partial charge on any atom is -0.375 e. The van der Waals surface area contributed by atoms with Crippen LogP contribution in [0.5, 0.6) is 0 Å². The molecule has 1 atom stereocenters. The highest BCUT2D eigenvalue weighted by Crippen LogP contribution is 2.14. The van der Waals surface area contributed by atoms with Crippen LogP contribution in [0, 0.1) is 6.92 Å². The Morgan fingerprint density at radius 3 is 2.46 bits per heavy atom. The van der Waals surface area contributed by atoms with Gasteiger partial charge in [-0.2, -0.15) is 0 Å². The van der Waals surface area contributed by atoms with Gasteiger partial charge in [0.2, 0.25) is 5.91 Å². The van der Waals surface area contributed by atoms with Crippen molar-refractivity contribution in [2.24, 2.45) is 0 Å². The molecule has 1 aliphatic heterocycles. The average Bonchev–Trinajstić information content (AvgIpc) is 2.64. The Morgan fingerprint density at radius 2 is 1.81 bits per heavy atom. The first kappa shape index (κ1) is 18.1. The number of nitrogens with one attached hydrogen (secondary N) is 1. The highest BCUT2D eigenvalue weighted by Gasteiger charge is 2.22. The number of rotatable bonds is 4. The molecule has 0 aliphatic carbocycles. The third-order valence-electron chi connectivity index (χ3n) is 4.43. The number of anilines is 1. The number of hydrogen-bond donors (Lipinski definition) is 1. The molecule has 0 saturated carbocycles. The van der Waals surface area contributed by atoms with E-state index in [0.29, 0.717) is 37.4 Å². The predicted octanol–water partition coefficient (Wildman–Crippen LogP) is 3.04. The number of hydrogen-bond acceptors (Lipinski definition) is 3. The fraction of sp³-hybridized carbons (Fsp3) is 0.333. The molecular weight excluding hydrogens is 328 g/mol. The van der Waals surface area contributed by atoms with E-state index in [1.807, 2.05) is 38.1 Å².